The Morgan fingerprint density at radius 1 is 1.04 bits per heavy atom. The molecule has 0 saturated heterocycles. The highest BCUT2D eigenvalue weighted by Crippen LogP contribution is 2.16. The molecule has 1 heterocycles. The summed E-state index contributed by atoms with van der Waals surface area (Å²) < 4.78 is 14.7. The number of aliphatic hydroxyl groups is 1. The van der Waals surface area contributed by atoms with Crippen LogP contribution in [0.25, 0.3) is 0 Å². The number of halogens is 1. The predicted octanol–water partition coefficient (Wildman–Crippen LogP) is 3.17. The Hall–Kier alpha value is -2.66. The molecule has 0 fully saturated rings. The molecule has 0 radical (unpaired) electrons. The molecule has 23 heavy (non-hydrogen) atoms. The third kappa shape index (κ3) is 3.96. The first kappa shape index (κ1) is 15.2. The van der Waals surface area contributed by atoms with Crippen molar-refractivity contribution < 1.29 is 9.50 Å². The molecular weight excluding hydrogens is 293 g/mol. The summed E-state index contributed by atoms with van der Waals surface area (Å²) in [5, 5.41) is 16.9. The highest BCUT2D eigenvalue weighted by molar-refractivity contribution is 5.50. The van der Waals surface area contributed by atoms with Crippen molar-refractivity contribution >= 4 is 5.69 Å². The molecule has 3 aromatic rings. The summed E-state index contributed by atoms with van der Waals surface area (Å²) in [5.41, 5.74) is 3.83. The number of para-hydroxylation sites is 1. The fraction of sp³-hybridized carbons (Fsp3) is 0.167. The molecule has 0 atom stereocenters. The summed E-state index contributed by atoms with van der Waals surface area (Å²) in [6.07, 6.45) is 3.76. The van der Waals surface area contributed by atoms with E-state index in [1.165, 1.54) is 12.1 Å². The Bertz CT molecular complexity index is 768. The maximum Gasteiger partial charge on any atom is 0.123 e. The average molecular weight is 311 g/mol. The minimum atomic E-state index is -0.235. The first-order valence-corrected chi connectivity index (χ1v) is 7.43. The van der Waals surface area contributed by atoms with E-state index in [1.807, 2.05) is 35.1 Å². The number of rotatable bonds is 6. The summed E-state index contributed by atoms with van der Waals surface area (Å²) in [5.74, 6) is -0.235. The van der Waals surface area contributed by atoms with Crippen molar-refractivity contribution in [1.82, 2.24) is 9.78 Å². The second kappa shape index (κ2) is 7.07. The zero-order valence-corrected chi connectivity index (χ0v) is 12.6. The topological polar surface area (TPSA) is 50.1 Å². The van der Waals surface area contributed by atoms with Gasteiger partial charge in [0.25, 0.3) is 0 Å². The van der Waals surface area contributed by atoms with Gasteiger partial charge in [0.05, 0.1) is 19.3 Å². The number of benzene rings is 2. The quantitative estimate of drug-likeness (QED) is 0.735. The molecule has 0 aliphatic rings. The van der Waals surface area contributed by atoms with Gasteiger partial charge >= 0.3 is 0 Å². The number of anilines is 1. The molecular formula is C18H18FN3O. The first-order chi connectivity index (χ1) is 11.2. The molecule has 118 valence electrons. The fourth-order valence-electron chi connectivity index (χ4n) is 2.39. The summed E-state index contributed by atoms with van der Waals surface area (Å²) >= 11 is 0. The minimum Gasteiger partial charge on any atom is -0.392 e. The molecule has 0 saturated carbocycles. The Morgan fingerprint density at radius 2 is 1.83 bits per heavy atom. The summed E-state index contributed by atoms with van der Waals surface area (Å²) in [7, 11) is 0. The van der Waals surface area contributed by atoms with Crippen LogP contribution in [0.15, 0.2) is 60.9 Å². The third-order valence-electron chi connectivity index (χ3n) is 3.62. The minimum absolute atomic E-state index is 0.00695. The Morgan fingerprint density at radius 3 is 2.61 bits per heavy atom. The van der Waals surface area contributed by atoms with Crippen LogP contribution in [0.2, 0.25) is 0 Å². The van der Waals surface area contributed by atoms with Gasteiger partial charge in [0.1, 0.15) is 5.82 Å². The van der Waals surface area contributed by atoms with Gasteiger partial charge in [-0.25, -0.2) is 4.39 Å². The van der Waals surface area contributed by atoms with Crippen molar-refractivity contribution in [3.63, 3.8) is 0 Å². The van der Waals surface area contributed by atoms with Crippen LogP contribution in [0.3, 0.4) is 0 Å². The molecule has 2 N–H and O–H groups in total. The van der Waals surface area contributed by atoms with E-state index in [9.17, 15) is 9.50 Å². The zero-order valence-electron chi connectivity index (χ0n) is 12.6. The smallest absolute Gasteiger partial charge is 0.123 e. The molecule has 2 aromatic carbocycles. The standard InChI is InChI=1S/C18H18FN3O/c19-17-7-5-14(6-8-17)11-22-12-15(10-21-22)9-20-18-4-2-1-3-16(18)13-23/h1-8,10,12,20,23H,9,11,13H2. The van der Waals surface area contributed by atoms with E-state index in [2.05, 4.69) is 10.4 Å². The van der Waals surface area contributed by atoms with Gasteiger partial charge in [-0.2, -0.15) is 5.10 Å². The van der Waals surface area contributed by atoms with E-state index < -0.39 is 0 Å². The van der Waals surface area contributed by atoms with Gasteiger partial charge < -0.3 is 10.4 Å². The molecule has 0 spiro atoms. The van der Waals surface area contributed by atoms with Gasteiger partial charge in [0.15, 0.2) is 0 Å². The lowest BCUT2D eigenvalue weighted by Gasteiger charge is -2.09. The van der Waals surface area contributed by atoms with Crippen LogP contribution in [-0.2, 0) is 19.7 Å². The van der Waals surface area contributed by atoms with E-state index in [0.717, 1.165) is 22.4 Å². The zero-order chi connectivity index (χ0) is 16.1. The number of nitrogens with zero attached hydrogens (tertiary/aromatic N) is 2. The summed E-state index contributed by atoms with van der Waals surface area (Å²) in [6.45, 7) is 1.24. The van der Waals surface area contributed by atoms with Gasteiger partial charge in [0, 0.05) is 29.6 Å². The van der Waals surface area contributed by atoms with E-state index in [1.54, 1.807) is 18.3 Å². The van der Waals surface area contributed by atoms with E-state index >= 15 is 0 Å². The lowest BCUT2D eigenvalue weighted by atomic mass is 10.2. The van der Waals surface area contributed by atoms with Crippen molar-refractivity contribution in [2.75, 3.05) is 5.32 Å². The van der Waals surface area contributed by atoms with Crippen LogP contribution >= 0.6 is 0 Å². The highest BCUT2D eigenvalue weighted by Gasteiger charge is 2.03. The van der Waals surface area contributed by atoms with Crippen molar-refractivity contribution in [3.8, 4) is 0 Å². The molecule has 0 aliphatic heterocycles. The maximum atomic E-state index is 12.9. The number of hydrogen-bond acceptors (Lipinski definition) is 3. The average Bonchev–Trinajstić information content (AvgIpc) is 3.03. The number of aromatic nitrogens is 2. The van der Waals surface area contributed by atoms with Crippen molar-refractivity contribution in [3.05, 3.63) is 83.4 Å². The molecule has 3 rings (SSSR count). The molecule has 0 bridgehead atoms. The lowest BCUT2D eigenvalue weighted by Crippen LogP contribution is -2.02. The summed E-state index contributed by atoms with van der Waals surface area (Å²) in [4.78, 5) is 0. The molecule has 4 nitrogen and oxygen atoms in total. The van der Waals surface area contributed by atoms with Crippen molar-refractivity contribution in [2.24, 2.45) is 0 Å². The van der Waals surface area contributed by atoms with Crippen LogP contribution < -0.4 is 5.32 Å². The Labute approximate surface area is 134 Å². The van der Waals surface area contributed by atoms with E-state index in [0.29, 0.717) is 13.1 Å². The number of aliphatic hydroxyl groups excluding tert-OH is 1. The number of hydrogen-bond donors (Lipinski definition) is 2. The van der Waals surface area contributed by atoms with Crippen LogP contribution in [0, 0.1) is 5.82 Å². The van der Waals surface area contributed by atoms with Crippen LogP contribution in [0.1, 0.15) is 16.7 Å². The third-order valence-corrected chi connectivity index (χ3v) is 3.62. The second-order valence-corrected chi connectivity index (χ2v) is 5.34. The monoisotopic (exact) mass is 311 g/mol. The molecule has 0 aliphatic carbocycles. The van der Waals surface area contributed by atoms with E-state index in [-0.39, 0.29) is 12.4 Å². The SMILES string of the molecule is OCc1ccccc1NCc1cnn(Cc2ccc(F)cc2)c1. The molecule has 0 amide bonds. The van der Waals surface area contributed by atoms with Crippen molar-refractivity contribution in [1.29, 1.82) is 0 Å². The van der Waals surface area contributed by atoms with Gasteiger partial charge in [0.2, 0.25) is 0 Å². The number of nitrogens with one attached hydrogen (secondary N) is 1. The molecule has 0 unspecified atom stereocenters. The van der Waals surface area contributed by atoms with Gasteiger partial charge in [-0.15, -0.1) is 0 Å². The van der Waals surface area contributed by atoms with Gasteiger partial charge in [-0.3, -0.25) is 4.68 Å². The highest BCUT2D eigenvalue weighted by atomic mass is 19.1. The van der Waals surface area contributed by atoms with Crippen LogP contribution in [-0.4, -0.2) is 14.9 Å². The normalized spacial score (nSPS) is 10.7. The Kier molecular flexibility index (Phi) is 4.68. The predicted molar refractivity (Wildman–Crippen MR) is 87.4 cm³/mol. The fourth-order valence-corrected chi connectivity index (χ4v) is 2.39. The molecule has 5 heteroatoms. The van der Waals surface area contributed by atoms with E-state index in [4.69, 9.17) is 0 Å². The van der Waals surface area contributed by atoms with Gasteiger partial charge in [-0.05, 0) is 23.8 Å². The first-order valence-electron chi connectivity index (χ1n) is 7.43. The maximum absolute atomic E-state index is 12.9. The lowest BCUT2D eigenvalue weighted by molar-refractivity contribution is 0.282. The van der Waals surface area contributed by atoms with Crippen LogP contribution in [0.5, 0.6) is 0 Å². The van der Waals surface area contributed by atoms with Crippen LogP contribution in [0.4, 0.5) is 10.1 Å². The Balaban J connectivity index is 1.62. The molecule has 1 aromatic heterocycles. The largest absolute Gasteiger partial charge is 0.392 e. The van der Waals surface area contributed by atoms with Gasteiger partial charge in [-0.1, -0.05) is 30.3 Å². The second-order valence-electron chi connectivity index (χ2n) is 5.34. The van der Waals surface area contributed by atoms with Crippen molar-refractivity contribution in [2.45, 2.75) is 19.7 Å². The summed E-state index contributed by atoms with van der Waals surface area (Å²) in [6, 6.07) is 14.1.